The van der Waals surface area contributed by atoms with Crippen LogP contribution in [0.5, 0.6) is 5.75 Å². The van der Waals surface area contributed by atoms with Gasteiger partial charge in [0.2, 0.25) is 0 Å². The van der Waals surface area contributed by atoms with E-state index in [1.165, 1.54) is 12.5 Å². The van der Waals surface area contributed by atoms with Crippen molar-refractivity contribution in [2.75, 3.05) is 44.7 Å². The van der Waals surface area contributed by atoms with Crippen molar-refractivity contribution < 1.29 is 13.9 Å². The van der Waals surface area contributed by atoms with E-state index in [-0.39, 0.29) is 17.8 Å². The van der Waals surface area contributed by atoms with Crippen molar-refractivity contribution in [3.05, 3.63) is 59.9 Å². The fourth-order valence-electron chi connectivity index (χ4n) is 5.93. The minimum atomic E-state index is -0.521. The van der Waals surface area contributed by atoms with E-state index >= 15 is 4.39 Å². The topological polar surface area (TPSA) is 70.8 Å². The highest BCUT2D eigenvalue weighted by atomic mass is 19.1. The molecule has 6 nitrogen and oxygen atoms in total. The number of ether oxygens (including phenoxy) is 1. The summed E-state index contributed by atoms with van der Waals surface area (Å²) in [7, 11) is 1.71. The lowest BCUT2D eigenvalue weighted by molar-refractivity contribution is 0.197. The Morgan fingerprint density at radius 1 is 1.06 bits per heavy atom. The summed E-state index contributed by atoms with van der Waals surface area (Å²) in [4.78, 5) is 16.8. The second-order valence-electron chi connectivity index (χ2n) is 9.85. The molecule has 2 aromatic carbocycles. The van der Waals surface area contributed by atoms with Gasteiger partial charge in [0, 0.05) is 38.1 Å². The van der Waals surface area contributed by atoms with Gasteiger partial charge in [-0.1, -0.05) is 49.6 Å². The molecule has 2 aromatic rings. The van der Waals surface area contributed by atoms with Gasteiger partial charge in [-0.15, -0.1) is 0 Å². The number of urea groups is 1. The largest absolute Gasteiger partial charge is 0.495 e. The molecular weight excluding hydrogens is 443 g/mol. The fraction of sp³-hybridized carbons (Fsp3) is 0.536. The van der Waals surface area contributed by atoms with Crippen molar-refractivity contribution in [1.29, 1.82) is 0 Å². The molecule has 2 atom stereocenters. The summed E-state index contributed by atoms with van der Waals surface area (Å²) in [5.74, 6) is 0.904. The van der Waals surface area contributed by atoms with Gasteiger partial charge in [-0.3, -0.25) is 4.90 Å². The van der Waals surface area contributed by atoms with E-state index < -0.39 is 6.03 Å². The number of carbonyl (C=O) groups is 1. The molecule has 1 saturated carbocycles. The number of benzene rings is 2. The molecule has 2 amide bonds. The van der Waals surface area contributed by atoms with Crippen LogP contribution in [0.3, 0.4) is 0 Å². The molecule has 35 heavy (non-hydrogen) atoms. The fourth-order valence-corrected chi connectivity index (χ4v) is 5.93. The van der Waals surface area contributed by atoms with Crippen molar-refractivity contribution >= 4 is 11.7 Å². The van der Waals surface area contributed by atoms with E-state index in [4.69, 9.17) is 10.5 Å². The van der Waals surface area contributed by atoms with E-state index in [2.05, 4.69) is 21.2 Å². The zero-order chi connectivity index (χ0) is 24.6. The minimum absolute atomic E-state index is 0.112. The monoisotopic (exact) mass is 482 g/mol. The first-order chi connectivity index (χ1) is 17.1. The number of anilines is 1. The average Bonchev–Trinajstić information content (AvgIpc) is 2.89. The van der Waals surface area contributed by atoms with Gasteiger partial charge in [-0.05, 0) is 55.5 Å². The molecule has 3 N–H and O–H groups in total. The molecule has 2 fully saturated rings. The molecule has 0 spiro atoms. The van der Waals surface area contributed by atoms with Gasteiger partial charge < -0.3 is 20.7 Å². The van der Waals surface area contributed by atoms with E-state index in [1.807, 2.05) is 30.3 Å². The van der Waals surface area contributed by atoms with Crippen molar-refractivity contribution in [2.45, 2.75) is 50.5 Å². The number of halogens is 1. The van der Waals surface area contributed by atoms with Crippen LogP contribution < -0.4 is 20.7 Å². The van der Waals surface area contributed by atoms with Crippen molar-refractivity contribution in [1.82, 2.24) is 10.2 Å². The number of primary amides is 1. The van der Waals surface area contributed by atoms with Crippen LogP contribution in [0, 0.1) is 11.7 Å². The zero-order valence-electron chi connectivity index (χ0n) is 20.8. The van der Waals surface area contributed by atoms with Crippen molar-refractivity contribution in [3.8, 4) is 5.75 Å². The van der Waals surface area contributed by atoms with Crippen molar-refractivity contribution in [3.63, 3.8) is 0 Å². The average molecular weight is 483 g/mol. The van der Waals surface area contributed by atoms with Crippen LogP contribution in [0.1, 0.15) is 50.0 Å². The number of amides is 2. The van der Waals surface area contributed by atoms with Crippen molar-refractivity contribution in [2.24, 2.45) is 11.7 Å². The highest BCUT2D eigenvalue weighted by molar-refractivity contribution is 5.72. The molecule has 0 bridgehead atoms. The third-order valence-electron chi connectivity index (χ3n) is 7.76. The van der Waals surface area contributed by atoms with E-state index in [1.54, 1.807) is 13.2 Å². The van der Waals surface area contributed by atoms with E-state index in [0.29, 0.717) is 11.5 Å². The van der Waals surface area contributed by atoms with Crippen LogP contribution in [-0.4, -0.2) is 56.8 Å². The molecule has 7 heteroatoms. The summed E-state index contributed by atoms with van der Waals surface area (Å²) in [6, 6.07) is 14.5. The van der Waals surface area contributed by atoms with Gasteiger partial charge in [0.15, 0.2) is 0 Å². The number of nitrogens with two attached hydrogens (primary N) is 1. The normalized spacial score (nSPS) is 19.2. The summed E-state index contributed by atoms with van der Waals surface area (Å²) < 4.78 is 20.5. The minimum Gasteiger partial charge on any atom is -0.495 e. The lowest BCUT2D eigenvalue weighted by atomic mass is 9.75. The molecule has 1 saturated heterocycles. The summed E-state index contributed by atoms with van der Waals surface area (Å²) in [5, 5.41) is 3.04. The number of nitrogens with one attached hydrogen (secondary N) is 1. The summed E-state index contributed by atoms with van der Waals surface area (Å²) in [6.07, 6.45) is 6.39. The molecule has 1 aliphatic carbocycles. The maximum absolute atomic E-state index is 15.0. The molecule has 0 unspecified atom stereocenters. The molecular formula is C28H39FN4O2. The van der Waals surface area contributed by atoms with Crippen LogP contribution in [0.2, 0.25) is 0 Å². The molecule has 1 heterocycles. The van der Waals surface area contributed by atoms with E-state index in [9.17, 15) is 4.79 Å². The predicted octanol–water partition coefficient (Wildman–Crippen LogP) is 4.75. The second-order valence-corrected chi connectivity index (χ2v) is 9.85. The number of para-hydroxylation sites is 2. The van der Waals surface area contributed by atoms with Crippen LogP contribution in [0.15, 0.2) is 48.5 Å². The first-order valence-corrected chi connectivity index (χ1v) is 13.0. The Hall–Kier alpha value is -2.80. The maximum atomic E-state index is 15.0. The number of hydrogen-bond donors (Lipinski definition) is 2. The first-order valence-electron chi connectivity index (χ1n) is 13.0. The smallest absolute Gasteiger partial charge is 0.312 e. The van der Waals surface area contributed by atoms with E-state index in [0.717, 1.165) is 76.3 Å². The number of carbonyl (C=O) groups excluding carboxylic acids is 1. The van der Waals surface area contributed by atoms with Gasteiger partial charge in [0.1, 0.15) is 11.6 Å². The molecule has 0 radical (unpaired) electrons. The van der Waals surface area contributed by atoms with Gasteiger partial charge in [0.25, 0.3) is 0 Å². The Morgan fingerprint density at radius 3 is 2.43 bits per heavy atom. The lowest BCUT2D eigenvalue weighted by Crippen LogP contribution is -2.49. The van der Waals surface area contributed by atoms with Crippen LogP contribution in [0.25, 0.3) is 0 Å². The number of methoxy groups -OCH3 is 1. The summed E-state index contributed by atoms with van der Waals surface area (Å²) in [5.41, 5.74) is 7.43. The Morgan fingerprint density at radius 2 is 1.74 bits per heavy atom. The zero-order valence-corrected chi connectivity index (χ0v) is 20.8. The third kappa shape index (κ3) is 6.45. The first kappa shape index (κ1) is 25.3. The number of hydrogen-bond acceptors (Lipinski definition) is 4. The third-order valence-corrected chi connectivity index (χ3v) is 7.76. The Bertz CT molecular complexity index is 957. The number of piperazine rings is 1. The van der Waals surface area contributed by atoms with Gasteiger partial charge >= 0.3 is 6.03 Å². The van der Waals surface area contributed by atoms with Crippen LogP contribution in [0.4, 0.5) is 14.9 Å². The lowest BCUT2D eigenvalue weighted by Gasteiger charge is -2.39. The Labute approximate surface area is 208 Å². The molecule has 2 aliphatic rings. The Balaban J connectivity index is 1.46. The van der Waals surface area contributed by atoms with Gasteiger partial charge in [0.05, 0.1) is 12.8 Å². The summed E-state index contributed by atoms with van der Waals surface area (Å²) in [6.45, 7) is 4.54. The predicted molar refractivity (Wildman–Crippen MR) is 138 cm³/mol. The molecule has 1 aliphatic heterocycles. The highest BCUT2D eigenvalue weighted by Crippen LogP contribution is 2.37. The quantitative estimate of drug-likeness (QED) is 0.541. The maximum Gasteiger partial charge on any atom is 0.312 e. The molecule has 190 valence electrons. The second kappa shape index (κ2) is 12.2. The number of rotatable bonds is 9. The molecule has 0 aromatic heterocycles. The SMILES string of the molecule is COc1ccccc1N1CCN(CC[C@H](c2ccccc2F)[C@@H](NC(N)=O)C2CCCCC2)CC1. The number of nitrogens with zero attached hydrogens (tertiary/aromatic N) is 2. The standard InChI is InChI=1S/C28H39FN4O2/c1-35-26-14-8-7-13-25(26)33-19-17-32(18-20-33)16-15-23(22-11-5-6-12-24(22)29)27(31-28(30)34)21-9-3-2-4-10-21/h5-8,11-14,21,23,27H,2-4,9-10,15-20H2,1H3,(H3,30,31,34)/t23-,27+/m1/s1. The Kier molecular flexibility index (Phi) is 8.85. The van der Waals surface area contributed by atoms with Crippen LogP contribution in [-0.2, 0) is 0 Å². The molecule has 4 rings (SSSR count). The van der Waals surface area contributed by atoms with Crippen LogP contribution >= 0.6 is 0 Å². The van der Waals surface area contributed by atoms with Gasteiger partial charge in [-0.25, -0.2) is 9.18 Å². The van der Waals surface area contributed by atoms with Gasteiger partial charge in [-0.2, -0.15) is 0 Å². The summed E-state index contributed by atoms with van der Waals surface area (Å²) >= 11 is 0. The highest BCUT2D eigenvalue weighted by Gasteiger charge is 2.34.